The highest BCUT2D eigenvalue weighted by Crippen LogP contribution is 2.49. The molecule has 1 atom stereocenters. The molecule has 1 fully saturated rings. The average Bonchev–Trinajstić information content (AvgIpc) is 3.51. The molecule has 2 aliphatic rings. The molecule has 2 aliphatic heterocycles. The summed E-state index contributed by atoms with van der Waals surface area (Å²) in [6.07, 6.45) is 0. The predicted molar refractivity (Wildman–Crippen MR) is 150 cm³/mol. The molecule has 9 heteroatoms. The number of hydrogen-bond acceptors (Lipinski definition) is 6. The van der Waals surface area contributed by atoms with Gasteiger partial charge in [0.2, 0.25) is 11.8 Å². The van der Waals surface area contributed by atoms with E-state index in [4.69, 9.17) is 9.84 Å². The van der Waals surface area contributed by atoms with Crippen molar-refractivity contribution in [2.24, 2.45) is 0 Å². The third-order valence-corrected chi connectivity index (χ3v) is 9.06. The Morgan fingerprint density at radius 3 is 2.59 bits per heavy atom. The zero-order valence-corrected chi connectivity index (χ0v) is 23.7. The Bertz CT molecular complexity index is 1300. The van der Waals surface area contributed by atoms with E-state index >= 15 is 0 Å². The molecular formula is C28H34N4O3S2. The lowest BCUT2D eigenvalue weighted by Gasteiger charge is -2.30. The first-order valence-corrected chi connectivity index (χ1v) is 14.7. The average molecular weight is 539 g/mol. The Balaban J connectivity index is 1.74. The van der Waals surface area contributed by atoms with Gasteiger partial charge in [0.25, 0.3) is 0 Å². The van der Waals surface area contributed by atoms with Gasteiger partial charge in [-0.05, 0) is 53.4 Å². The second kappa shape index (κ2) is 10.3. The van der Waals surface area contributed by atoms with Gasteiger partial charge in [0.1, 0.15) is 12.4 Å². The molecular weight excluding hydrogens is 504 g/mol. The summed E-state index contributed by atoms with van der Waals surface area (Å²) in [5, 5.41) is 9.39. The van der Waals surface area contributed by atoms with Gasteiger partial charge < -0.3 is 9.64 Å². The van der Waals surface area contributed by atoms with E-state index in [1.165, 1.54) is 0 Å². The number of anilines is 1. The van der Waals surface area contributed by atoms with Crippen LogP contribution in [0.3, 0.4) is 0 Å². The van der Waals surface area contributed by atoms with Crippen LogP contribution in [0.4, 0.5) is 5.82 Å². The fraction of sp³-hybridized carbons (Fsp3) is 0.464. The molecule has 1 aromatic carbocycles. The van der Waals surface area contributed by atoms with Crippen LogP contribution in [0.5, 0.6) is 0 Å². The number of fused-ring (bicyclic) bond motifs is 1. The van der Waals surface area contributed by atoms with Gasteiger partial charge in [0, 0.05) is 24.1 Å². The molecule has 2 amide bonds. The molecule has 0 radical (unpaired) electrons. The zero-order valence-electron chi connectivity index (χ0n) is 22.1. The highest BCUT2D eigenvalue weighted by molar-refractivity contribution is 8.00. The number of nitrogens with zero attached hydrogens (tertiary/aromatic N) is 4. The molecule has 1 unspecified atom stereocenters. The van der Waals surface area contributed by atoms with Crippen LogP contribution < -0.4 is 4.90 Å². The lowest BCUT2D eigenvalue weighted by molar-refractivity contribution is -0.134. The van der Waals surface area contributed by atoms with Gasteiger partial charge in [-0.25, -0.2) is 4.68 Å². The van der Waals surface area contributed by atoms with Crippen LogP contribution in [0.2, 0.25) is 0 Å². The number of amides is 2. The number of hydrogen-bond donors (Lipinski definition) is 0. The van der Waals surface area contributed by atoms with Crippen LogP contribution in [0.25, 0.3) is 5.69 Å². The van der Waals surface area contributed by atoms with Crippen molar-refractivity contribution in [1.82, 2.24) is 14.7 Å². The minimum absolute atomic E-state index is 0.0110. The summed E-state index contributed by atoms with van der Waals surface area (Å²) in [4.78, 5) is 30.7. The van der Waals surface area contributed by atoms with E-state index in [2.05, 4.69) is 57.5 Å². The van der Waals surface area contributed by atoms with E-state index < -0.39 is 0 Å². The first kappa shape index (κ1) is 26.0. The molecule has 0 aliphatic carbocycles. The Morgan fingerprint density at radius 1 is 1.16 bits per heavy atom. The van der Waals surface area contributed by atoms with Gasteiger partial charge in [0.05, 0.1) is 35.6 Å². The molecule has 0 spiro atoms. The van der Waals surface area contributed by atoms with E-state index in [-0.39, 0.29) is 29.0 Å². The predicted octanol–water partition coefficient (Wildman–Crippen LogP) is 4.88. The van der Waals surface area contributed by atoms with Crippen LogP contribution >= 0.6 is 23.1 Å². The monoisotopic (exact) mass is 538 g/mol. The lowest BCUT2D eigenvalue weighted by Crippen LogP contribution is -2.48. The standard InChI is InChI=1S/C28H34N4O3S2/c1-18-7-6-8-21(19(18)2)32-27-24(26(29-32)28(3,4)5)25(20-9-14-36-16-20)37-17-23(34)31(27)15-22(33)30-10-12-35-13-11-30/h6-9,14,16,25H,10-13,15,17H2,1-5H3. The van der Waals surface area contributed by atoms with Crippen molar-refractivity contribution < 1.29 is 14.3 Å². The minimum Gasteiger partial charge on any atom is -0.378 e. The van der Waals surface area contributed by atoms with E-state index in [1.54, 1.807) is 32.9 Å². The van der Waals surface area contributed by atoms with E-state index in [0.29, 0.717) is 37.9 Å². The number of morpholine rings is 1. The Kier molecular flexibility index (Phi) is 7.22. The van der Waals surface area contributed by atoms with Crippen molar-refractivity contribution in [3.63, 3.8) is 0 Å². The molecule has 0 bridgehead atoms. The molecule has 4 heterocycles. The minimum atomic E-state index is -0.269. The quantitative estimate of drug-likeness (QED) is 0.474. The van der Waals surface area contributed by atoms with Gasteiger partial charge in [-0.3, -0.25) is 14.5 Å². The highest BCUT2D eigenvalue weighted by Gasteiger charge is 2.40. The summed E-state index contributed by atoms with van der Waals surface area (Å²) in [5.41, 5.74) is 6.05. The number of carbonyl (C=O) groups is 2. The topological polar surface area (TPSA) is 67.7 Å². The number of benzene rings is 1. The molecule has 37 heavy (non-hydrogen) atoms. The normalized spacial score (nSPS) is 18.6. The number of aromatic nitrogens is 2. The summed E-state index contributed by atoms with van der Waals surface area (Å²) in [5.74, 6) is 0.874. The molecule has 0 saturated carbocycles. The Labute approximate surface area is 226 Å². The molecule has 2 aromatic heterocycles. The van der Waals surface area contributed by atoms with Crippen molar-refractivity contribution in [2.75, 3.05) is 43.5 Å². The highest BCUT2D eigenvalue weighted by atomic mass is 32.2. The SMILES string of the molecule is Cc1cccc(-n2nc(C(C)(C)C)c3c2N(CC(=O)N2CCOCC2)C(=O)CSC3c2ccsc2)c1C. The van der Waals surface area contributed by atoms with Gasteiger partial charge in [-0.15, -0.1) is 11.8 Å². The zero-order chi connectivity index (χ0) is 26.3. The number of thiophene rings is 1. The number of aryl methyl sites for hydroxylation is 1. The Morgan fingerprint density at radius 2 is 1.92 bits per heavy atom. The van der Waals surface area contributed by atoms with Crippen LogP contribution in [0.1, 0.15) is 54.0 Å². The summed E-state index contributed by atoms with van der Waals surface area (Å²) in [6, 6.07) is 8.29. The van der Waals surface area contributed by atoms with E-state index in [9.17, 15) is 9.59 Å². The largest absolute Gasteiger partial charge is 0.378 e. The number of thioether (sulfide) groups is 1. The second-order valence-corrected chi connectivity index (χ2v) is 12.6. The summed E-state index contributed by atoms with van der Waals surface area (Å²) >= 11 is 3.28. The summed E-state index contributed by atoms with van der Waals surface area (Å²) in [7, 11) is 0. The molecule has 1 saturated heterocycles. The fourth-order valence-electron chi connectivity index (χ4n) is 4.94. The van der Waals surface area contributed by atoms with Crippen molar-refractivity contribution in [3.05, 3.63) is 63.0 Å². The summed E-state index contributed by atoms with van der Waals surface area (Å²) < 4.78 is 7.37. The molecule has 5 rings (SSSR count). The first-order chi connectivity index (χ1) is 17.7. The van der Waals surface area contributed by atoms with Gasteiger partial charge >= 0.3 is 0 Å². The first-order valence-electron chi connectivity index (χ1n) is 12.7. The lowest BCUT2D eigenvalue weighted by atomic mass is 9.87. The van der Waals surface area contributed by atoms with Gasteiger partial charge in [-0.1, -0.05) is 32.9 Å². The van der Waals surface area contributed by atoms with Crippen LogP contribution in [-0.2, 0) is 19.7 Å². The maximum Gasteiger partial charge on any atom is 0.242 e. The van der Waals surface area contributed by atoms with E-state index in [1.807, 2.05) is 16.8 Å². The third kappa shape index (κ3) is 4.96. The van der Waals surface area contributed by atoms with Crippen molar-refractivity contribution >= 4 is 40.7 Å². The van der Waals surface area contributed by atoms with Crippen molar-refractivity contribution in [2.45, 2.75) is 45.3 Å². The van der Waals surface area contributed by atoms with Crippen LogP contribution in [0, 0.1) is 13.8 Å². The molecule has 7 nitrogen and oxygen atoms in total. The number of rotatable bonds is 4. The van der Waals surface area contributed by atoms with Crippen molar-refractivity contribution in [1.29, 1.82) is 0 Å². The maximum atomic E-state index is 13.8. The van der Waals surface area contributed by atoms with Crippen molar-refractivity contribution in [3.8, 4) is 5.69 Å². The number of ether oxygens (including phenoxy) is 1. The number of carbonyl (C=O) groups excluding carboxylic acids is 2. The fourth-order valence-corrected chi connectivity index (χ4v) is 6.90. The van der Waals surface area contributed by atoms with Crippen LogP contribution in [-0.4, -0.2) is 65.1 Å². The summed E-state index contributed by atoms with van der Waals surface area (Å²) in [6.45, 7) is 12.8. The Hall–Kier alpha value is -2.62. The van der Waals surface area contributed by atoms with E-state index in [0.717, 1.165) is 33.6 Å². The maximum absolute atomic E-state index is 13.8. The molecule has 0 N–H and O–H groups in total. The smallest absolute Gasteiger partial charge is 0.242 e. The van der Waals surface area contributed by atoms with Crippen LogP contribution in [0.15, 0.2) is 35.0 Å². The molecule has 3 aromatic rings. The van der Waals surface area contributed by atoms with Gasteiger partial charge in [0.15, 0.2) is 0 Å². The van der Waals surface area contributed by atoms with Gasteiger partial charge in [-0.2, -0.15) is 16.4 Å². The molecule has 196 valence electrons. The third-order valence-electron chi connectivity index (χ3n) is 7.11. The second-order valence-electron chi connectivity index (χ2n) is 10.7.